The summed E-state index contributed by atoms with van der Waals surface area (Å²) in [7, 11) is 0. The maximum Gasteiger partial charge on any atom is 0.208 e. The number of hydrogen-bond donors (Lipinski definition) is 2. The zero-order chi connectivity index (χ0) is 12.8. The van der Waals surface area contributed by atoms with E-state index >= 15 is 0 Å². The molecule has 0 amide bonds. The number of nitrogens with two attached hydrogens (primary N) is 1. The number of H-pyrrole nitrogens is 1. The lowest BCUT2D eigenvalue weighted by atomic mass is 10.3. The summed E-state index contributed by atoms with van der Waals surface area (Å²) in [5.41, 5.74) is 6.38. The van der Waals surface area contributed by atoms with E-state index in [-0.39, 0.29) is 0 Å². The van der Waals surface area contributed by atoms with E-state index in [4.69, 9.17) is 10.5 Å². The molecule has 1 heterocycles. The van der Waals surface area contributed by atoms with Crippen LogP contribution in [0.2, 0.25) is 0 Å². The molecule has 1 aromatic carbocycles. The molecule has 96 valence electrons. The van der Waals surface area contributed by atoms with E-state index in [1.54, 1.807) is 11.8 Å². The van der Waals surface area contributed by atoms with Crippen LogP contribution < -0.4 is 10.5 Å². The van der Waals surface area contributed by atoms with Gasteiger partial charge in [-0.2, -0.15) is 0 Å². The molecule has 0 saturated heterocycles. The van der Waals surface area contributed by atoms with Crippen molar-refractivity contribution in [2.24, 2.45) is 0 Å². The van der Waals surface area contributed by atoms with Crippen molar-refractivity contribution in [3.05, 3.63) is 30.1 Å². The Morgan fingerprint density at radius 2 is 2.33 bits per heavy atom. The molecule has 0 bridgehead atoms. The van der Waals surface area contributed by atoms with E-state index in [2.05, 4.69) is 15.2 Å². The standard InChI is InChI=1S/C12H16N4OS/c1-9-14-12(16-15-9)18-7-3-6-17-11-5-2-4-10(13)8-11/h2,4-5,8H,3,6-7,13H2,1H3,(H,14,15,16). The van der Waals surface area contributed by atoms with Crippen molar-refractivity contribution in [2.75, 3.05) is 18.1 Å². The van der Waals surface area contributed by atoms with Gasteiger partial charge in [0.05, 0.1) is 6.61 Å². The molecule has 0 spiro atoms. The van der Waals surface area contributed by atoms with Gasteiger partial charge < -0.3 is 10.5 Å². The molecule has 5 nitrogen and oxygen atoms in total. The predicted molar refractivity (Wildman–Crippen MR) is 72.8 cm³/mol. The van der Waals surface area contributed by atoms with Crippen LogP contribution in [-0.4, -0.2) is 27.5 Å². The lowest BCUT2D eigenvalue weighted by Gasteiger charge is -2.05. The van der Waals surface area contributed by atoms with E-state index < -0.39 is 0 Å². The van der Waals surface area contributed by atoms with Crippen molar-refractivity contribution >= 4 is 17.4 Å². The third-order valence-electron chi connectivity index (χ3n) is 2.22. The van der Waals surface area contributed by atoms with Crippen LogP contribution in [-0.2, 0) is 0 Å². The van der Waals surface area contributed by atoms with Crippen molar-refractivity contribution in [1.29, 1.82) is 0 Å². The number of nitrogens with one attached hydrogen (secondary N) is 1. The van der Waals surface area contributed by atoms with Gasteiger partial charge in [0.2, 0.25) is 5.16 Å². The largest absolute Gasteiger partial charge is 0.493 e. The fourth-order valence-electron chi connectivity index (χ4n) is 1.40. The maximum absolute atomic E-state index is 5.66. The van der Waals surface area contributed by atoms with Crippen molar-refractivity contribution in [2.45, 2.75) is 18.5 Å². The molecule has 3 N–H and O–H groups in total. The minimum absolute atomic E-state index is 0.667. The van der Waals surface area contributed by atoms with E-state index in [9.17, 15) is 0 Å². The first kappa shape index (κ1) is 12.8. The predicted octanol–water partition coefficient (Wildman–Crippen LogP) is 2.26. The number of nitrogen functional groups attached to an aromatic ring is 1. The first-order valence-electron chi connectivity index (χ1n) is 5.74. The smallest absolute Gasteiger partial charge is 0.208 e. The number of hydrogen-bond acceptors (Lipinski definition) is 5. The number of nitrogens with zero attached hydrogens (tertiary/aromatic N) is 2. The molecule has 6 heteroatoms. The summed E-state index contributed by atoms with van der Waals surface area (Å²) in [6.07, 6.45) is 0.938. The SMILES string of the molecule is Cc1nc(SCCCOc2cccc(N)c2)n[nH]1. The molecule has 0 aliphatic carbocycles. The Hall–Kier alpha value is -1.69. The van der Waals surface area contributed by atoms with E-state index in [1.807, 2.05) is 31.2 Å². The van der Waals surface area contributed by atoms with Crippen LogP contribution in [0.15, 0.2) is 29.4 Å². The van der Waals surface area contributed by atoms with Crippen molar-refractivity contribution in [1.82, 2.24) is 15.2 Å². The summed E-state index contributed by atoms with van der Waals surface area (Å²) in [4.78, 5) is 4.22. The van der Waals surface area contributed by atoms with Crippen molar-refractivity contribution < 1.29 is 4.74 Å². The number of rotatable bonds is 6. The molecule has 0 unspecified atom stereocenters. The van der Waals surface area contributed by atoms with Gasteiger partial charge in [-0.25, -0.2) is 4.98 Å². The zero-order valence-electron chi connectivity index (χ0n) is 10.2. The van der Waals surface area contributed by atoms with E-state index in [0.29, 0.717) is 6.61 Å². The number of aromatic amines is 1. The first-order valence-corrected chi connectivity index (χ1v) is 6.73. The third kappa shape index (κ3) is 3.96. The summed E-state index contributed by atoms with van der Waals surface area (Å²) in [5, 5.41) is 7.66. The molecule has 0 saturated carbocycles. The van der Waals surface area contributed by atoms with E-state index in [1.165, 1.54) is 0 Å². The second-order valence-electron chi connectivity index (χ2n) is 3.83. The zero-order valence-corrected chi connectivity index (χ0v) is 11.0. The Balaban J connectivity index is 1.64. The quantitative estimate of drug-likeness (QED) is 0.475. The molecule has 0 atom stereocenters. The van der Waals surface area contributed by atoms with Gasteiger partial charge >= 0.3 is 0 Å². The Labute approximate surface area is 110 Å². The van der Waals surface area contributed by atoms with Gasteiger partial charge in [0, 0.05) is 17.5 Å². The van der Waals surface area contributed by atoms with Crippen LogP contribution in [0.5, 0.6) is 5.75 Å². The lowest BCUT2D eigenvalue weighted by Crippen LogP contribution is -1.99. The highest BCUT2D eigenvalue weighted by Crippen LogP contribution is 2.16. The normalized spacial score (nSPS) is 10.5. The molecular formula is C12H16N4OS. The molecule has 2 rings (SSSR count). The summed E-state index contributed by atoms with van der Waals surface area (Å²) in [6, 6.07) is 7.46. The number of aryl methyl sites for hydroxylation is 1. The Bertz CT molecular complexity index is 500. The molecule has 0 aliphatic rings. The molecule has 0 fully saturated rings. The maximum atomic E-state index is 5.66. The van der Waals surface area contributed by atoms with Crippen LogP contribution in [0, 0.1) is 6.92 Å². The Morgan fingerprint density at radius 3 is 3.06 bits per heavy atom. The molecular weight excluding hydrogens is 248 g/mol. The topological polar surface area (TPSA) is 76.8 Å². The summed E-state index contributed by atoms with van der Waals surface area (Å²) < 4.78 is 5.59. The van der Waals surface area contributed by atoms with Crippen LogP contribution in [0.4, 0.5) is 5.69 Å². The van der Waals surface area contributed by atoms with Gasteiger partial charge in [-0.05, 0) is 25.5 Å². The second-order valence-corrected chi connectivity index (χ2v) is 4.89. The average molecular weight is 264 g/mol. The molecule has 2 aromatic rings. The number of benzene rings is 1. The lowest BCUT2D eigenvalue weighted by molar-refractivity contribution is 0.319. The molecule has 0 radical (unpaired) electrons. The van der Waals surface area contributed by atoms with E-state index in [0.717, 1.165) is 34.6 Å². The monoisotopic (exact) mass is 264 g/mol. The molecule has 0 aliphatic heterocycles. The van der Waals surface area contributed by atoms with Gasteiger partial charge in [0.25, 0.3) is 0 Å². The minimum Gasteiger partial charge on any atom is -0.493 e. The van der Waals surface area contributed by atoms with Crippen LogP contribution in [0.25, 0.3) is 0 Å². The number of anilines is 1. The number of ether oxygens (including phenoxy) is 1. The van der Waals surface area contributed by atoms with Crippen LogP contribution >= 0.6 is 11.8 Å². The van der Waals surface area contributed by atoms with Gasteiger partial charge in [0.1, 0.15) is 11.6 Å². The van der Waals surface area contributed by atoms with Crippen LogP contribution in [0.1, 0.15) is 12.2 Å². The third-order valence-corrected chi connectivity index (χ3v) is 3.16. The summed E-state index contributed by atoms with van der Waals surface area (Å²) in [5.74, 6) is 2.59. The van der Waals surface area contributed by atoms with Crippen molar-refractivity contribution in [3.8, 4) is 5.75 Å². The highest BCUT2D eigenvalue weighted by Gasteiger charge is 2.00. The highest BCUT2D eigenvalue weighted by atomic mass is 32.2. The number of thioether (sulfide) groups is 1. The average Bonchev–Trinajstić information content (AvgIpc) is 2.75. The molecule has 18 heavy (non-hydrogen) atoms. The highest BCUT2D eigenvalue weighted by molar-refractivity contribution is 7.99. The fourth-order valence-corrected chi connectivity index (χ4v) is 2.16. The molecule has 1 aromatic heterocycles. The van der Waals surface area contributed by atoms with Gasteiger partial charge in [-0.3, -0.25) is 5.10 Å². The van der Waals surface area contributed by atoms with Gasteiger partial charge in [-0.1, -0.05) is 17.8 Å². The van der Waals surface area contributed by atoms with Gasteiger partial charge in [0.15, 0.2) is 0 Å². The second kappa shape index (κ2) is 6.30. The van der Waals surface area contributed by atoms with Gasteiger partial charge in [-0.15, -0.1) is 5.10 Å². The summed E-state index contributed by atoms with van der Waals surface area (Å²) >= 11 is 1.62. The van der Waals surface area contributed by atoms with Crippen LogP contribution in [0.3, 0.4) is 0 Å². The Morgan fingerprint density at radius 1 is 1.44 bits per heavy atom. The van der Waals surface area contributed by atoms with Crippen molar-refractivity contribution in [3.63, 3.8) is 0 Å². The number of aromatic nitrogens is 3. The minimum atomic E-state index is 0.667. The first-order chi connectivity index (χ1) is 8.74. The Kier molecular flexibility index (Phi) is 4.46. The fraction of sp³-hybridized carbons (Fsp3) is 0.333. The summed E-state index contributed by atoms with van der Waals surface area (Å²) in [6.45, 7) is 2.56.